The van der Waals surface area contributed by atoms with Gasteiger partial charge in [0.15, 0.2) is 11.5 Å². The van der Waals surface area contributed by atoms with Crippen molar-refractivity contribution in [2.75, 3.05) is 5.32 Å². The average molecular weight is 299 g/mol. The Morgan fingerprint density at radius 3 is 3.00 bits per heavy atom. The molecule has 0 aliphatic heterocycles. The summed E-state index contributed by atoms with van der Waals surface area (Å²) in [5, 5.41) is 2.44. The number of hydrogen-bond donors (Lipinski definition) is 1. The highest BCUT2D eigenvalue weighted by Crippen LogP contribution is 2.14. The van der Waals surface area contributed by atoms with E-state index in [1.165, 1.54) is 6.20 Å². The van der Waals surface area contributed by atoms with Crippen molar-refractivity contribution in [3.8, 4) is 12.3 Å². The Labute approximate surface area is 110 Å². The highest BCUT2D eigenvalue weighted by molar-refractivity contribution is 9.10. The monoisotopic (exact) mass is 298 g/mol. The maximum absolute atomic E-state index is 11.6. The fourth-order valence-corrected chi connectivity index (χ4v) is 1.23. The lowest BCUT2D eigenvalue weighted by atomic mass is 10.2. The summed E-state index contributed by atoms with van der Waals surface area (Å²) in [6.45, 7) is 5.26. The van der Waals surface area contributed by atoms with E-state index < -0.39 is 11.7 Å². The van der Waals surface area contributed by atoms with Gasteiger partial charge in [0.25, 0.3) is 0 Å². The van der Waals surface area contributed by atoms with Gasteiger partial charge in [-0.05, 0) is 42.6 Å². The lowest BCUT2D eigenvalue weighted by molar-refractivity contribution is 0.0635. The van der Waals surface area contributed by atoms with Crippen LogP contribution >= 0.6 is 15.9 Å². The normalized spacial score (nSPS) is 10.9. The van der Waals surface area contributed by atoms with Crippen molar-refractivity contribution in [2.45, 2.75) is 26.4 Å². The van der Waals surface area contributed by atoms with E-state index in [-0.39, 0.29) is 11.5 Å². The summed E-state index contributed by atoms with van der Waals surface area (Å²) in [5.41, 5.74) is -0.404. The SMILES string of the molecule is [2H]C#Cc1nc(Br)cnc1NC(=O)OC(C)(C)C. The number of ether oxygens (including phenoxy) is 1. The molecule has 1 aromatic rings. The maximum Gasteiger partial charge on any atom is 0.413 e. The summed E-state index contributed by atoms with van der Waals surface area (Å²) >= 11 is 3.13. The number of rotatable bonds is 1. The largest absolute Gasteiger partial charge is 0.444 e. The first kappa shape index (κ1) is 11.9. The Bertz CT molecular complexity index is 517. The molecule has 0 atom stereocenters. The minimum atomic E-state index is -0.646. The zero-order valence-corrected chi connectivity index (χ0v) is 11.3. The first-order valence-electron chi connectivity index (χ1n) is 5.27. The van der Waals surface area contributed by atoms with E-state index in [1.54, 1.807) is 20.8 Å². The smallest absolute Gasteiger partial charge is 0.413 e. The third kappa shape index (κ3) is 4.41. The lowest BCUT2D eigenvalue weighted by Crippen LogP contribution is -2.27. The molecule has 1 heterocycles. The minimum Gasteiger partial charge on any atom is -0.444 e. The fourth-order valence-electron chi connectivity index (χ4n) is 0.946. The van der Waals surface area contributed by atoms with E-state index in [0.717, 1.165) is 0 Å². The van der Waals surface area contributed by atoms with E-state index >= 15 is 0 Å². The molecule has 1 N–H and O–H groups in total. The number of carbonyl (C=O) groups is 1. The van der Waals surface area contributed by atoms with Gasteiger partial charge >= 0.3 is 6.09 Å². The Hall–Kier alpha value is -1.61. The summed E-state index contributed by atoms with van der Waals surface area (Å²) in [6, 6.07) is 0. The number of terminal acetylenes is 1. The van der Waals surface area contributed by atoms with Crippen molar-refractivity contribution in [2.24, 2.45) is 0 Å². The first-order valence-corrected chi connectivity index (χ1v) is 5.56. The number of hydrogen-bond acceptors (Lipinski definition) is 4. The second kappa shape index (κ2) is 5.15. The third-order valence-electron chi connectivity index (χ3n) is 1.48. The van der Waals surface area contributed by atoms with Crippen LogP contribution in [0.15, 0.2) is 10.8 Å². The van der Waals surface area contributed by atoms with Crippen LogP contribution in [0.25, 0.3) is 0 Å². The van der Waals surface area contributed by atoms with Crippen LogP contribution in [0.3, 0.4) is 0 Å². The van der Waals surface area contributed by atoms with Gasteiger partial charge in [0, 0.05) is 0 Å². The fraction of sp³-hybridized carbons (Fsp3) is 0.364. The van der Waals surface area contributed by atoms with Crippen LogP contribution in [0.5, 0.6) is 0 Å². The average Bonchev–Trinajstić information content (AvgIpc) is 2.20. The van der Waals surface area contributed by atoms with Crippen LogP contribution in [-0.2, 0) is 4.74 Å². The summed E-state index contributed by atoms with van der Waals surface area (Å²) in [4.78, 5) is 19.5. The Balaban J connectivity index is 2.90. The number of nitrogens with zero attached hydrogens (tertiary/aromatic N) is 2. The lowest BCUT2D eigenvalue weighted by Gasteiger charge is -2.19. The van der Waals surface area contributed by atoms with Gasteiger partial charge in [-0.3, -0.25) is 5.32 Å². The molecule has 0 spiro atoms. The van der Waals surface area contributed by atoms with E-state index in [1.807, 2.05) is 6.40 Å². The molecule has 1 amide bonds. The quantitative estimate of drug-likeness (QED) is 0.809. The van der Waals surface area contributed by atoms with Crippen LogP contribution in [0, 0.1) is 12.3 Å². The Kier molecular flexibility index (Phi) is 3.59. The van der Waals surface area contributed by atoms with Gasteiger partial charge in [0.05, 0.1) is 6.20 Å². The standard InChI is InChI=1S/C11H12BrN3O2/c1-5-7-9(13-6-8(12)14-7)15-10(16)17-11(2,3)4/h1,6H,2-4H3,(H,13,15,16)/i1D. The number of halogens is 1. The molecule has 1 aromatic heterocycles. The van der Waals surface area contributed by atoms with Crippen LogP contribution in [0.1, 0.15) is 27.8 Å². The number of anilines is 1. The summed E-state index contributed by atoms with van der Waals surface area (Å²) in [7, 11) is 0. The molecule has 0 aliphatic rings. The second-order valence-electron chi connectivity index (χ2n) is 4.14. The van der Waals surface area contributed by atoms with Gasteiger partial charge in [0.2, 0.25) is 0 Å². The van der Waals surface area contributed by atoms with Crippen LogP contribution < -0.4 is 5.32 Å². The van der Waals surface area contributed by atoms with Gasteiger partial charge in [-0.2, -0.15) is 0 Å². The molecular formula is C11H12BrN3O2. The zero-order chi connectivity index (χ0) is 13.8. The molecule has 0 radical (unpaired) electrons. The molecule has 1 rings (SSSR count). The van der Waals surface area contributed by atoms with Crippen LogP contribution in [0.2, 0.25) is 0 Å². The van der Waals surface area contributed by atoms with E-state index in [4.69, 9.17) is 6.11 Å². The Morgan fingerprint density at radius 2 is 2.41 bits per heavy atom. The first-order chi connectivity index (χ1) is 8.31. The van der Waals surface area contributed by atoms with E-state index in [2.05, 4.69) is 37.1 Å². The number of carbonyl (C=O) groups excluding carboxylic acids is 1. The van der Waals surface area contributed by atoms with Crippen molar-refractivity contribution < 1.29 is 10.9 Å². The van der Waals surface area contributed by atoms with E-state index in [9.17, 15) is 4.79 Å². The predicted octanol–water partition coefficient (Wildman–Crippen LogP) is 2.57. The Morgan fingerprint density at radius 1 is 1.71 bits per heavy atom. The molecule has 0 saturated heterocycles. The molecule has 0 fully saturated rings. The molecule has 0 bridgehead atoms. The van der Waals surface area contributed by atoms with Gasteiger partial charge < -0.3 is 4.74 Å². The molecule has 5 nitrogen and oxygen atoms in total. The van der Waals surface area contributed by atoms with Crippen LogP contribution in [0.4, 0.5) is 10.6 Å². The number of amides is 1. The van der Waals surface area contributed by atoms with Crippen molar-refractivity contribution in [3.05, 3.63) is 16.5 Å². The molecule has 17 heavy (non-hydrogen) atoms. The van der Waals surface area contributed by atoms with Crippen molar-refractivity contribution in [1.82, 2.24) is 9.97 Å². The molecule has 0 saturated carbocycles. The number of nitrogens with one attached hydrogen (secondary N) is 1. The maximum atomic E-state index is 11.6. The van der Waals surface area contributed by atoms with Gasteiger partial charge in [-0.15, -0.1) is 6.40 Å². The van der Waals surface area contributed by atoms with Crippen molar-refractivity contribution in [1.29, 1.82) is 0 Å². The minimum absolute atomic E-state index is 0.159. The zero-order valence-electron chi connectivity index (χ0n) is 10.7. The second-order valence-corrected chi connectivity index (χ2v) is 4.95. The molecule has 0 aliphatic carbocycles. The third-order valence-corrected chi connectivity index (χ3v) is 1.86. The molecule has 6 heteroatoms. The molecule has 0 aromatic carbocycles. The highest BCUT2D eigenvalue weighted by Gasteiger charge is 2.17. The molecule has 0 unspecified atom stereocenters. The van der Waals surface area contributed by atoms with Gasteiger partial charge in [-0.25, -0.2) is 14.8 Å². The summed E-state index contributed by atoms with van der Waals surface area (Å²) in [5.74, 6) is 2.59. The van der Waals surface area contributed by atoms with Crippen LogP contribution in [-0.4, -0.2) is 21.7 Å². The molecular weight excluding hydrogens is 286 g/mol. The van der Waals surface area contributed by atoms with E-state index in [0.29, 0.717) is 4.60 Å². The number of aromatic nitrogens is 2. The van der Waals surface area contributed by atoms with Gasteiger partial charge in [-0.1, -0.05) is 0 Å². The van der Waals surface area contributed by atoms with Crippen molar-refractivity contribution in [3.63, 3.8) is 0 Å². The summed E-state index contributed by atoms with van der Waals surface area (Å²) < 4.78 is 12.4. The van der Waals surface area contributed by atoms with Crippen molar-refractivity contribution >= 4 is 27.8 Å². The molecule has 90 valence electrons. The predicted molar refractivity (Wildman–Crippen MR) is 67.5 cm³/mol. The van der Waals surface area contributed by atoms with Gasteiger partial charge in [0.1, 0.15) is 11.6 Å². The topological polar surface area (TPSA) is 64.1 Å². The summed E-state index contributed by atoms with van der Waals surface area (Å²) in [6.07, 6.45) is 2.73. The highest BCUT2D eigenvalue weighted by atomic mass is 79.9.